The van der Waals surface area contributed by atoms with Gasteiger partial charge in [0.2, 0.25) is 5.95 Å². The number of carbonyl (C=O) groups is 2. The monoisotopic (exact) mass is 737 g/mol. The second-order valence-electron chi connectivity index (χ2n) is 11.4. The zero-order valence-electron chi connectivity index (χ0n) is 26.6. The van der Waals surface area contributed by atoms with E-state index in [4.69, 9.17) is 9.47 Å². The fourth-order valence-electron chi connectivity index (χ4n) is 4.87. The molecule has 1 amide bonds. The van der Waals surface area contributed by atoms with Gasteiger partial charge in [0.1, 0.15) is 0 Å². The molecule has 1 saturated heterocycles. The van der Waals surface area contributed by atoms with Crippen LogP contribution in [0, 0.1) is 6.92 Å². The maximum Gasteiger partial charge on any atom is 0.513 e. The maximum atomic E-state index is 13.1. The van der Waals surface area contributed by atoms with Crippen LogP contribution in [0.25, 0.3) is 11.3 Å². The van der Waals surface area contributed by atoms with E-state index in [0.717, 1.165) is 49.5 Å². The molecule has 0 spiro atoms. The van der Waals surface area contributed by atoms with E-state index in [9.17, 15) is 9.59 Å². The lowest BCUT2D eigenvalue weighted by Gasteiger charge is -2.32. The lowest BCUT2D eigenvalue weighted by molar-refractivity contribution is -0.727. The molecule has 1 aliphatic heterocycles. The number of anilines is 3. The van der Waals surface area contributed by atoms with Crippen molar-refractivity contribution in [2.75, 3.05) is 43.9 Å². The van der Waals surface area contributed by atoms with Gasteiger partial charge in [0.25, 0.3) is 12.6 Å². The number of ether oxygens (including phenoxy) is 2. The Kier molecular flexibility index (Phi) is 12.4. The highest BCUT2D eigenvalue weighted by Crippen LogP contribution is 2.25. The van der Waals surface area contributed by atoms with E-state index < -0.39 is 6.16 Å². The normalized spacial score (nSPS) is 13.5. The van der Waals surface area contributed by atoms with Gasteiger partial charge in [0.05, 0.1) is 17.4 Å². The molecular weight excluding hydrogens is 697 g/mol. The zero-order valence-corrected chi connectivity index (χ0v) is 28.7. The predicted octanol–water partition coefficient (Wildman–Crippen LogP) is 2.01. The Balaban J connectivity index is 0.00000480. The first kappa shape index (κ1) is 34.7. The van der Waals surface area contributed by atoms with Crippen molar-refractivity contribution in [2.24, 2.45) is 0 Å². The molecule has 0 atom stereocenters. The van der Waals surface area contributed by atoms with E-state index in [1.807, 2.05) is 67.7 Å². The Morgan fingerprint density at radius 2 is 1.78 bits per heavy atom. The highest BCUT2D eigenvalue weighted by molar-refractivity contribution is 6.04. The van der Waals surface area contributed by atoms with Crippen LogP contribution in [0.4, 0.5) is 22.1 Å². The summed E-state index contributed by atoms with van der Waals surface area (Å²) in [4.78, 5) is 38.7. The van der Waals surface area contributed by atoms with Crippen molar-refractivity contribution in [2.45, 2.75) is 40.2 Å². The molecule has 1 fully saturated rings. The smallest absolute Gasteiger partial charge is 0.513 e. The Labute approximate surface area is 287 Å². The summed E-state index contributed by atoms with van der Waals surface area (Å²) >= 11 is 0. The van der Waals surface area contributed by atoms with Crippen molar-refractivity contribution in [1.82, 2.24) is 19.8 Å². The van der Waals surface area contributed by atoms with E-state index >= 15 is 0 Å². The minimum absolute atomic E-state index is 0. The van der Waals surface area contributed by atoms with Gasteiger partial charge in [-0.05, 0) is 75.3 Å². The van der Waals surface area contributed by atoms with Crippen molar-refractivity contribution >= 4 is 29.4 Å². The lowest BCUT2D eigenvalue weighted by atomic mass is 10.1. The number of nitrogens with zero attached hydrogens (tertiary/aromatic N) is 5. The molecule has 12 heteroatoms. The maximum absolute atomic E-state index is 13.1. The molecule has 46 heavy (non-hydrogen) atoms. The summed E-state index contributed by atoms with van der Waals surface area (Å²) in [6.07, 6.45) is 4.32. The fraction of sp³-hybridized carbons (Fsp3) is 0.324. The highest BCUT2D eigenvalue weighted by Gasteiger charge is 2.15. The van der Waals surface area contributed by atoms with E-state index in [-0.39, 0.29) is 42.7 Å². The van der Waals surface area contributed by atoms with Crippen molar-refractivity contribution in [3.8, 4) is 11.3 Å². The van der Waals surface area contributed by atoms with Crippen LogP contribution in [0.2, 0.25) is 0 Å². The van der Waals surface area contributed by atoms with Crippen molar-refractivity contribution in [3.63, 3.8) is 0 Å². The molecule has 2 N–H and O–H groups in total. The van der Waals surface area contributed by atoms with Gasteiger partial charge in [-0.25, -0.2) is 14.8 Å². The molecule has 5 rings (SSSR count). The number of hydrogen-bond acceptors (Lipinski definition) is 9. The molecule has 0 saturated carbocycles. The van der Waals surface area contributed by atoms with Crippen LogP contribution in [-0.4, -0.2) is 71.2 Å². The Morgan fingerprint density at radius 3 is 2.52 bits per heavy atom. The highest BCUT2D eigenvalue weighted by atomic mass is 127. The SMILES string of the molecule is Cc1ccc(NC(=O)c2ccc(CN3CCN(C)CC3)cc2)cc1Nc1nccc(-c2ccc[n+](COC(=O)OC(C)C)c2)n1.[I-]. The molecule has 3 heterocycles. The van der Waals surface area contributed by atoms with E-state index in [0.29, 0.717) is 22.9 Å². The van der Waals surface area contributed by atoms with Crippen molar-refractivity contribution in [1.29, 1.82) is 0 Å². The number of carbonyl (C=O) groups excluding carboxylic acids is 2. The van der Waals surface area contributed by atoms with Gasteiger partial charge < -0.3 is 49.0 Å². The van der Waals surface area contributed by atoms with Gasteiger partial charge in [-0.15, -0.1) is 0 Å². The van der Waals surface area contributed by atoms with Gasteiger partial charge in [-0.3, -0.25) is 9.69 Å². The third-order valence-corrected chi connectivity index (χ3v) is 7.43. The van der Waals surface area contributed by atoms with Crippen LogP contribution in [0.5, 0.6) is 0 Å². The van der Waals surface area contributed by atoms with Crippen molar-refractivity contribution in [3.05, 3.63) is 95.9 Å². The van der Waals surface area contributed by atoms with E-state index in [2.05, 4.69) is 37.4 Å². The molecule has 0 radical (unpaired) electrons. The van der Waals surface area contributed by atoms with Gasteiger partial charge in [-0.1, -0.05) is 18.2 Å². The first-order valence-electron chi connectivity index (χ1n) is 15.1. The van der Waals surface area contributed by atoms with Crippen LogP contribution in [0.3, 0.4) is 0 Å². The fourth-order valence-corrected chi connectivity index (χ4v) is 4.87. The molecular formula is C34H40IN7O4. The molecule has 0 bridgehead atoms. The third-order valence-electron chi connectivity index (χ3n) is 7.43. The molecule has 0 aliphatic carbocycles. The minimum Gasteiger partial charge on any atom is -1.00 e. The number of pyridine rings is 1. The number of benzene rings is 2. The van der Waals surface area contributed by atoms with Gasteiger partial charge in [-0.2, -0.15) is 4.57 Å². The number of piperazine rings is 1. The average molecular weight is 738 g/mol. The largest absolute Gasteiger partial charge is 1.00 e. The number of hydrogen-bond donors (Lipinski definition) is 2. The first-order chi connectivity index (χ1) is 21.7. The lowest BCUT2D eigenvalue weighted by Crippen LogP contribution is -3.00. The number of nitrogens with one attached hydrogen (secondary N) is 2. The number of aromatic nitrogens is 3. The average Bonchev–Trinajstić information content (AvgIpc) is 3.03. The summed E-state index contributed by atoms with van der Waals surface area (Å²) in [5, 5.41) is 6.29. The number of likely N-dealkylation sites (N-methyl/N-ethyl adjacent to an activating group) is 1. The van der Waals surface area contributed by atoms with Crippen LogP contribution < -0.4 is 39.2 Å². The van der Waals surface area contributed by atoms with Crippen LogP contribution in [0.15, 0.2) is 79.3 Å². The molecule has 4 aromatic rings. The molecule has 242 valence electrons. The zero-order chi connectivity index (χ0) is 31.8. The van der Waals surface area contributed by atoms with Crippen LogP contribution in [-0.2, 0) is 22.7 Å². The summed E-state index contributed by atoms with van der Waals surface area (Å²) in [7, 11) is 2.15. The number of halogens is 1. The second-order valence-corrected chi connectivity index (χ2v) is 11.4. The topological polar surface area (TPSA) is 113 Å². The summed E-state index contributed by atoms with van der Waals surface area (Å²) in [5.74, 6) is 0.232. The predicted molar refractivity (Wildman–Crippen MR) is 172 cm³/mol. The molecule has 1 aliphatic rings. The van der Waals surface area contributed by atoms with E-state index in [1.165, 1.54) is 5.56 Å². The summed E-state index contributed by atoms with van der Waals surface area (Å²) in [5.41, 5.74) is 5.70. The number of amides is 1. The first-order valence-corrected chi connectivity index (χ1v) is 15.1. The van der Waals surface area contributed by atoms with Gasteiger partial charge in [0.15, 0.2) is 12.4 Å². The standard InChI is InChI=1S/C34H39N7O4.HI/c1-24(2)45-34(43)44-23-41-15-5-6-28(22-41)30-13-14-35-33(37-30)38-31-20-29(12-7-25(31)3)36-32(42)27-10-8-26(9-11-27)21-40-18-16-39(4)17-19-40;/h5-15,20,22,24H,16-19,21,23H2,1-4H3,(H-,35,36,37,38,42);1H. The minimum atomic E-state index is -0.722. The van der Waals surface area contributed by atoms with Gasteiger partial charge >= 0.3 is 6.16 Å². The molecule has 11 nitrogen and oxygen atoms in total. The van der Waals surface area contributed by atoms with Gasteiger partial charge in [0, 0.05) is 61.9 Å². The molecule has 0 unspecified atom stereocenters. The van der Waals surface area contributed by atoms with Crippen molar-refractivity contribution < 1.29 is 47.6 Å². The molecule has 2 aromatic carbocycles. The number of rotatable bonds is 10. The molecule has 2 aromatic heterocycles. The van der Waals surface area contributed by atoms with Crippen LogP contribution in [0.1, 0.15) is 35.3 Å². The Bertz CT molecular complexity index is 1630. The quantitative estimate of drug-likeness (QED) is 0.144. The van der Waals surface area contributed by atoms with E-state index in [1.54, 1.807) is 36.9 Å². The Hall–Kier alpha value is -4.14. The number of aryl methyl sites for hydroxylation is 1. The summed E-state index contributed by atoms with van der Waals surface area (Å²) in [6, 6.07) is 19.1. The summed E-state index contributed by atoms with van der Waals surface area (Å²) in [6.45, 7) is 10.7. The second kappa shape index (κ2) is 16.4. The third kappa shape index (κ3) is 9.93. The summed E-state index contributed by atoms with van der Waals surface area (Å²) < 4.78 is 11.9. The Morgan fingerprint density at radius 1 is 1.02 bits per heavy atom. The van der Waals surface area contributed by atoms with Crippen LogP contribution >= 0.6 is 0 Å².